The van der Waals surface area contributed by atoms with Crippen LogP contribution in [-0.2, 0) is 6.18 Å². The topological polar surface area (TPSA) is 43.8 Å². The third kappa shape index (κ3) is 3.23. The number of amides is 1. The molecule has 3 rings (SSSR count). The van der Waals surface area contributed by atoms with Crippen molar-refractivity contribution in [1.82, 2.24) is 4.90 Å². The van der Waals surface area contributed by atoms with Crippen LogP contribution in [0.5, 0.6) is 0 Å². The summed E-state index contributed by atoms with van der Waals surface area (Å²) in [5.41, 5.74) is 0.199. The molecule has 2 fully saturated rings. The molecule has 0 radical (unpaired) electrons. The fourth-order valence-corrected chi connectivity index (χ4v) is 3.61. The second kappa shape index (κ2) is 5.62. The highest BCUT2D eigenvalue weighted by atomic mass is 19.4. The van der Waals surface area contributed by atoms with Gasteiger partial charge in [-0.25, -0.2) is 4.79 Å². The van der Waals surface area contributed by atoms with Gasteiger partial charge >= 0.3 is 12.3 Å². The number of carbonyl (C=O) groups is 1. The maximum atomic E-state index is 12.6. The number of alkyl halides is 3. The number of hydrogen-bond donors (Lipinski definition) is 1. The summed E-state index contributed by atoms with van der Waals surface area (Å²) in [6.45, 7) is 2.65. The van der Waals surface area contributed by atoms with E-state index in [-0.39, 0.29) is 5.41 Å². The van der Waals surface area contributed by atoms with Crippen LogP contribution in [0.1, 0.15) is 24.8 Å². The quantitative estimate of drug-likeness (QED) is 0.855. The van der Waals surface area contributed by atoms with E-state index in [0.717, 1.165) is 50.2 Å². The number of carboxylic acid groups (broad SMARTS) is 1. The van der Waals surface area contributed by atoms with E-state index in [1.165, 1.54) is 17.0 Å². The highest BCUT2D eigenvalue weighted by molar-refractivity contribution is 5.65. The van der Waals surface area contributed by atoms with Gasteiger partial charge in [-0.05, 0) is 48.9 Å². The van der Waals surface area contributed by atoms with Crippen LogP contribution in [0.25, 0.3) is 0 Å². The SMILES string of the molecule is O=C(O)N1CCC2(CCN(c3ccc(C(F)(F)F)cc3)CC2)C1. The summed E-state index contributed by atoms with van der Waals surface area (Å²) in [4.78, 5) is 14.6. The number of rotatable bonds is 1. The largest absolute Gasteiger partial charge is 0.465 e. The lowest BCUT2D eigenvalue weighted by Crippen LogP contribution is -2.42. The first-order valence-corrected chi connectivity index (χ1v) is 7.69. The Hall–Kier alpha value is -1.92. The number of halogens is 3. The van der Waals surface area contributed by atoms with Gasteiger partial charge in [-0.2, -0.15) is 13.2 Å². The van der Waals surface area contributed by atoms with E-state index >= 15 is 0 Å². The van der Waals surface area contributed by atoms with Crippen molar-refractivity contribution in [1.29, 1.82) is 0 Å². The van der Waals surface area contributed by atoms with Crippen LogP contribution in [0.4, 0.5) is 23.7 Å². The highest BCUT2D eigenvalue weighted by Crippen LogP contribution is 2.41. The summed E-state index contributed by atoms with van der Waals surface area (Å²) in [7, 11) is 0. The normalized spacial score (nSPS) is 21.0. The molecule has 0 saturated carbocycles. The van der Waals surface area contributed by atoms with Gasteiger partial charge in [0, 0.05) is 31.9 Å². The second-order valence-electron chi connectivity index (χ2n) is 6.49. The van der Waals surface area contributed by atoms with Gasteiger partial charge in [0.2, 0.25) is 0 Å². The van der Waals surface area contributed by atoms with Crippen molar-refractivity contribution >= 4 is 11.8 Å². The molecule has 0 bridgehead atoms. The molecule has 0 unspecified atom stereocenters. The molecule has 1 aromatic rings. The zero-order valence-corrected chi connectivity index (χ0v) is 12.6. The first-order valence-electron chi connectivity index (χ1n) is 7.69. The summed E-state index contributed by atoms with van der Waals surface area (Å²) in [6.07, 6.45) is -2.56. The fourth-order valence-electron chi connectivity index (χ4n) is 3.61. The van der Waals surface area contributed by atoms with E-state index in [4.69, 9.17) is 5.11 Å². The standard InChI is InChI=1S/C16H19F3N2O2/c17-16(18,19)12-1-3-13(4-2-12)20-8-5-15(6-9-20)7-10-21(11-15)14(22)23/h1-4H,5-11H2,(H,22,23). The van der Waals surface area contributed by atoms with Crippen molar-refractivity contribution in [3.63, 3.8) is 0 Å². The first kappa shape index (κ1) is 16.0. The molecule has 1 N–H and O–H groups in total. The van der Waals surface area contributed by atoms with Crippen molar-refractivity contribution in [3.05, 3.63) is 29.8 Å². The van der Waals surface area contributed by atoms with E-state index in [0.29, 0.717) is 13.1 Å². The first-order chi connectivity index (χ1) is 10.8. The van der Waals surface area contributed by atoms with Gasteiger partial charge in [0.05, 0.1) is 5.56 Å². The predicted octanol–water partition coefficient (Wildman–Crippen LogP) is 3.68. The maximum absolute atomic E-state index is 12.6. The van der Waals surface area contributed by atoms with Crippen LogP contribution in [0, 0.1) is 5.41 Å². The molecule has 0 aromatic heterocycles. The van der Waals surface area contributed by atoms with E-state index in [1.807, 2.05) is 0 Å². The Morgan fingerprint density at radius 2 is 1.61 bits per heavy atom. The number of benzene rings is 1. The van der Waals surface area contributed by atoms with Crippen molar-refractivity contribution in [2.24, 2.45) is 5.41 Å². The Morgan fingerprint density at radius 1 is 1.04 bits per heavy atom. The van der Waals surface area contributed by atoms with Crippen LogP contribution < -0.4 is 4.90 Å². The van der Waals surface area contributed by atoms with Gasteiger partial charge in [0.1, 0.15) is 0 Å². The molecule has 2 aliphatic heterocycles. The number of anilines is 1. The average molecular weight is 328 g/mol. The lowest BCUT2D eigenvalue weighted by atomic mass is 9.77. The van der Waals surface area contributed by atoms with Gasteiger partial charge in [0.25, 0.3) is 0 Å². The molecule has 4 nitrogen and oxygen atoms in total. The van der Waals surface area contributed by atoms with Crippen molar-refractivity contribution in [2.45, 2.75) is 25.4 Å². The summed E-state index contributed by atoms with van der Waals surface area (Å²) in [6, 6.07) is 5.25. The zero-order chi connectivity index (χ0) is 16.7. The minimum absolute atomic E-state index is 0.0425. The Bertz CT molecular complexity index is 578. The molecule has 2 saturated heterocycles. The molecule has 1 spiro atoms. The molecular weight excluding hydrogens is 309 g/mol. The molecule has 23 heavy (non-hydrogen) atoms. The minimum atomic E-state index is -4.31. The molecule has 0 atom stereocenters. The van der Waals surface area contributed by atoms with Gasteiger partial charge in [-0.1, -0.05) is 0 Å². The van der Waals surface area contributed by atoms with E-state index in [2.05, 4.69) is 4.90 Å². The molecule has 2 heterocycles. The van der Waals surface area contributed by atoms with E-state index in [9.17, 15) is 18.0 Å². The number of hydrogen-bond acceptors (Lipinski definition) is 2. The van der Waals surface area contributed by atoms with Crippen molar-refractivity contribution in [3.8, 4) is 0 Å². The summed E-state index contributed by atoms with van der Waals surface area (Å²) < 4.78 is 37.8. The second-order valence-corrected chi connectivity index (χ2v) is 6.49. The summed E-state index contributed by atoms with van der Waals surface area (Å²) >= 11 is 0. The molecule has 7 heteroatoms. The molecule has 1 aromatic carbocycles. The molecular formula is C16H19F3N2O2. The Labute approximate surface area is 132 Å². The van der Waals surface area contributed by atoms with Crippen LogP contribution in [0.2, 0.25) is 0 Å². The molecule has 1 amide bonds. The number of nitrogens with zero attached hydrogens (tertiary/aromatic N) is 2. The third-order valence-electron chi connectivity index (χ3n) is 5.09. The van der Waals surface area contributed by atoms with Crippen LogP contribution in [-0.4, -0.2) is 42.3 Å². The van der Waals surface area contributed by atoms with Crippen LogP contribution in [0.3, 0.4) is 0 Å². The molecule has 2 aliphatic rings. The van der Waals surface area contributed by atoms with E-state index < -0.39 is 17.8 Å². The van der Waals surface area contributed by atoms with Crippen LogP contribution in [0.15, 0.2) is 24.3 Å². The van der Waals surface area contributed by atoms with Gasteiger partial charge in [-0.3, -0.25) is 0 Å². The summed E-state index contributed by atoms with van der Waals surface area (Å²) in [5, 5.41) is 9.07. The number of piperidine rings is 1. The van der Waals surface area contributed by atoms with Gasteiger partial charge in [0.15, 0.2) is 0 Å². The Balaban J connectivity index is 1.62. The Morgan fingerprint density at radius 3 is 2.09 bits per heavy atom. The van der Waals surface area contributed by atoms with Gasteiger partial charge in [-0.15, -0.1) is 0 Å². The fraction of sp³-hybridized carbons (Fsp3) is 0.562. The van der Waals surface area contributed by atoms with Crippen molar-refractivity contribution in [2.75, 3.05) is 31.1 Å². The average Bonchev–Trinajstić information content (AvgIpc) is 2.92. The zero-order valence-electron chi connectivity index (χ0n) is 12.6. The monoisotopic (exact) mass is 328 g/mol. The Kier molecular flexibility index (Phi) is 3.90. The van der Waals surface area contributed by atoms with Gasteiger partial charge < -0.3 is 14.9 Å². The third-order valence-corrected chi connectivity index (χ3v) is 5.09. The lowest BCUT2D eigenvalue weighted by Gasteiger charge is -2.40. The smallest absolute Gasteiger partial charge is 0.416 e. The predicted molar refractivity (Wildman–Crippen MR) is 79.5 cm³/mol. The lowest BCUT2D eigenvalue weighted by molar-refractivity contribution is -0.137. The minimum Gasteiger partial charge on any atom is -0.465 e. The van der Waals surface area contributed by atoms with E-state index in [1.54, 1.807) is 0 Å². The maximum Gasteiger partial charge on any atom is 0.416 e. The highest BCUT2D eigenvalue weighted by Gasteiger charge is 2.42. The molecule has 0 aliphatic carbocycles. The van der Waals surface area contributed by atoms with Crippen molar-refractivity contribution < 1.29 is 23.1 Å². The van der Waals surface area contributed by atoms with Crippen LogP contribution >= 0.6 is 0 Å². The molecule has 126 valence electrons. The summed E-state index contributed by atoms with van der Waals surface area (Å²) in [5.74, 6) is 0. The number of likely N-dealkylation sites (tertiary alicyclic amines) is 1.